The van der Waals surface area contributed by atoms with Gasteiger partial charge in [-0.15, -0.1) is 6.58 Å². The van der Waals surface area contributed by atoms with Gasteiger partial charge < -0.3 is 24.7 Å². The molecule has 1 saturated heterocycles. The predicted molar refractivity (Wildman–Crippen MR) is 138 cm³/mol. The maximum absolute atomic E-state index is 13.9. The Hall–Kier alpha value is -3.00. The van der Waals surface area contributed by atoms with Gasteiger partial charge >= 0.3 is 0 Å². The number of hydrogen-bond acceptors (Lipinski definition) is 5. The lowest BCUT2D eigenvalue weighted by Gasteiger charge is -2.34. The Morgan fingerprint density at radius 1 is 1.19 bits per heavy atom. The zero-order chi connectivity index (χ0) is 26.1. The summed E-state index contributed by atoms with van der Waals surface area (Å²) in [6.45, 7) is 9.85. The molecule has 0 unspecified atom stereocenters. The third kappa shape index (κ3) is 4.47. The molecule has 192 valence electrons. The molecule has 2 N–H and O–H groups in total. The van der Waals surface area contributed by atoms with Crippen molar-refractivity contribution in [2.75, 3.05) is 24.6 Å². The maximum atomic E-state index is 13.9. The SMILES string of the molecule is C=CCN1C(=O)[C@]2(O[C@H](CC(=O)N(CCO)Cc3ccccc3)[C@@H](C(C)(C)O)[C@@H]2C)c2ccccc21. The fourth-order valence-corrected chi connectivity index (χ4v) is 6.06. The van der Waals surface area contributed by atoms with Crippen molar-refractivity contribution in [3.63, 3.8) is 0 Å². The molecule has 7 nitrogen and oxygen atoms in total. The summed E-state index contributed by atoms with van der Waals surface area (Å²) in [5.74, 6) is -1.26. The molecule has 0 saturated carbocycles. The van der Waals surface area contributed by atoms with Crippen molar-refractivity contribution in [2.24, 2.45) is 11.8 Å². The van der Waals surface area contributed by atoms with Crippen molar-refractivity contribution >= 4 is 17.5 Å². The summed E-state index contributed by atoms with van der Waals surface area (Å²) < 4.78 is 6.63. The lowest BCUT2D eigenvalue weighted by atomic mass is 9.71. The molecule has 2 amide bonds. The highest BCUT2D eigenvalue weighted by atomic mass is 16.5. The average Bonchev–Trinajstić information content (AvgIpc) is 3.26. The summed E-state index contributed by atoms with van der Waals surface area (Å²) in [4.78, 5) is 30.7. The molecule has 0 bridgehead atoms. The first-order valence-corrected chi connectivity index (χ1v) is 12.5. The fraction of sp³-hybridized carbons (Fsp3) is 0.448. The Morgan fingerprint density at radius 3 is 2.50 bits per heavy atom. The largest absolute Gasteiger partial charge is 0.395 e. The first kappa shape index (κ1) is 26.1. The predicted octanol–water partition coefficient (Wildman–Crippen LogP) is 3.25. The van der Waals surface area contributed by atoms with Crippen LogP contribution in [-0.4, -0.2) is 58.3 Å². The molecule has 2 aromatic carbocycles. The van der Waals surface area contributed by atoms with Crippen molar-refractivity contribution in [2.45, 2.75) is 51.0 Å². The first-order valence-electron chi connectivity index (χ1n) is 12.5. The highest BCUT2D eigenvalue weighted by Crippen LogP contribution is 2.57. The van der Waals surface area contributed by atoms with Crippen LogP contribution >= 0.6 is 0 Å². The number of aliphatic hydroxyl groups excluding tert-OH is 1. The summed E-state index contributed by atoms with van der Waals surface area (Å²) in [6.07, 6.45) is 0.980. The van der Waals surface area contributed by atoms with Crippen molar-refractivity contribution in [3.8, 4) is 0 Å². The van der Waals surface area contributed by atoms with Crippen molar-refractivity contribution < 1.29 is 24.5 Å². The lowest BCUT2D eigenvalue weighted by molar-refractivity contribution is -0.150. The molecule has 2 aromatic rings. The standard InChI is InChI=1S/C29H36N2O5/c1-5-15-31-23-14-10-9-13-22(23)29(27(31)34)20(2)26(28(3,4)35)24(36-29)18-25(33)30(16-17-32)19-21-11-7-6-8-12-21/h5-14,20,24,26,32,35H,1,15-19H2,2-4H3/t20-,24+,26-,29+/m0/s1. The molecule has 2 aliphatic heterocycles. The second-order valence-corrected chi connectivity index (χ2v) is 10.3. The fourth-order valence-electron chi connectivity index (χ4n) is 6.06. The van der Waals surface area contributed by atoms with Crippen molar-refractivity contribution in [1.29, 1.82) is 0 Å². The van der Waals surface area contributed by atoms with Gasteiger partial charge in [-0.1, -0.05) is 61.5 Å². The molecular weight excluding hydrogens is 456 g/mol. The second kappa shape index (κ2) is 10.2. The zero-order valence-electron chi connectivity index (χ0n) is 21.3. The number of hydrogen-bond donors (Lipinski definition) is 2. The minimum absolute atomic E-state index is 0.00944. The van der Waals surface area contributed by atoms with E-state index in [2.05, 4.69) is 6.58 Å². The molecule has 36 heavy (non-hydrogen) atoms. The molecule has 0 aromatic heterocycles. The number of amides is 2. The van der Waals surface area contributed by atoms with E-state index >= 15 is 0 Å². The van der Waals surface area contributed by atoms with Crippen LogP contribution in [0.15, 0.2) is 67.3 Å². The Balaban J connectivity index is 1.68. The average molecular weight is 493 g/mol. The number of rotatable bonds is 9. The number of anilines is 1. The van der Waals surface area contributed by atoms with E-state index in [1.54, 1.807) is 29.7 Å². The van der Waals surface area contributed by atoms with E-state index in [9.17, 15) is 19.8 Å². The second-order valence-electron chi connectivity index (χ2n) is 10.3. The summed E-state index contributed by atoms with van der Waals surface area (Å²) in [5.41, 5.74) is -0.0191. The first-order chi connectivity index (χ1) is 17.1. The topological polar surface area (TPSA) is 90.3 Å². The molecule has 4 rings (SSSR count). The van der Waals surface area contributed by atoms with Gasteiger partial charge in [-0.25, -0.2) is 0 Å². The minimum Gasteiger partial charge on any atom is -0.395 e. The summed E-state index contributed by atoms with van der Waals surface area (Å²) >= 11 is 0. The van der Waals surface area contributed by atoms with E-state index in [-0.39, 0.29) is 37.3 Å². The van der Waals surface area contributed by atoms with E-state index in [1.807, 2.05) is 61.5 Å². The number of fused-ring (bicyclic) bond motifs is 2. The molecule has 7 heteroatoms. The lowest BCUT2D eigenvalue weighted by Crippen LogP contribution is -2.46. The molecule has 4 atom stereocenters. The van der Waals surface area contributed by atoms with Gasteiger partial charge in [0, 0.05) is 37.0 Å². The summed E-state index contributed by atoms with van der Waals surface area (Å²) in [7, 11) is 0. The molecule has 0 radical (unpaired) electrons. The number of benzene rings is 2. The zero-order valence-corrected chi connectivity index (χ0v) is 21.3. The highest BCUT2D eigenvalue weighted by Gasteiger charge is 2.65. The van der Waals surface area contributed by atoms with Gasteiger partial charge in [0.2, 0.25) is 5.91 Å². The summed E-state index contributed by atoms with van der Waals surface area (Å²) in [6, 6.07) is 17.1. The number of carbonyl (C=O) groups excluding carboxylic acids is 2. The third-order valence-corrected chi connectivity index (χ3v) is 7.52. The van der Waals surface area contributed by atoms with Gasteiger partial charge in [0.1, 0.15) is 0 Å². The van der Waals surface area contributed by atoms with E-state index in [4.69, 9.17) is 4.74 Å². The number of nitrogens with zero attached hydrogens (tertiary/aromatic N) is 2. The number of aliphatic hydroxyl groups is 2. The number of carbonyl (C=O) groups is 2. The monoisotopic (exact) mass is 492 g/mol. The molecule has 1 spiro atoms. The van der Waals surface area contributed by atoms with Gasteiger partial charge in [0.25, 0.3) is 5.91 Å². The highest BCUT2D eigenvalue weighted by molar-refractivity contribution is 6.07. The van der Waals surface area contributed by atoms with Crippen LogP contribution in [0.3, 0.4) is 0 Å². The van der Waals surface area contributed by atoms with Crippen LogP contribution in [0.1, 0.15) is 38.3 Å². The molecular formula is C29H36N2O5. The molecule has 2 heterocycles. The Kier molecular flexibility index (Phi) is 7.36. The number of ether oxygens (including phenoxy) is 1. The number of para-hydroxylation sites is 1. The third-order valence-electron chi connectivity index (χ3n) is 7.52. The minimum atomic E-state index is -1.30. The van der Waals surface area contributed by atoms with Crippen LogP contribution in [0.5, 0.6) is 0 Å². The van der Waals surface area contributed by atoms with Gasteiger partial charge in [0.05, 0.1) is 30.4 Å². The van der Waals surface area contributed by atoms with Crippen LogP contribution in [0, 0.1) is 11.8 Å². The van der Waals surface area contributed by atoms with Crippen molar-refractivity contribution in [3.05, 3.63) is 78.4 Å². The van der Waals surface area contributed by atoms with Gasteiger partial charge in [-0.3, -0.25) is 9.59 Å². The van der Waals surface area contributed by atoms with Crippen LogP contribution in [-0.2, 0) is 26.5 Å². The Morgan fingerprint density at radius 2 is 1.86 bits per heavy atom. The van der Waals surface area contributed by atoms with Crippen LogP contribution < -0.4 is 4.90 Å². The van der Waals surface area contributed by atoms with Crippen LogP contribution in [0.2, 0.25) is 0 Å². The summed E-state index contributed by atoms with van der Waals surface area (Å²) in [5, 5.41) is 20.8. The Labute approximate surface area is 213 Å². The molecule has 1 fully saturated rings. The van der Waals surface area contributed by atoms with Gasteiger partial charge in [-0.2, -0.15) is 0 Å². The quantitative estimate of drug-likeness (QED) is 0.525. The van der Waals surface area contributed by atoms with Gasteiger partial charge in [0.15, 0.2) is 5.60 Å². The Bertz CT molecular complexity index is 1110. The van der Waals surface area contributed by atoms with Crippen LogP contribution in [0.4, 0.5) is 5.69 Å². The van der Waals surface area contributed by atoms with Crippen molar-refractivity contribution in [1.82, 2.24) is 4.90 Å². The molecule has 0 aliphatic carbocycles. The van der Waals surface area contributed by atoms with Crippen LogP contribution in [0.25, 0.3) is 0 Å². The molecule has 2 aliphatic rings. The van der Waals surface area contributed by atoms with Gasteiger partial charge in [-0.05, 0) is 25.5 Å². The smallest absolute Gasteiger partial charge is 0.264 e. The maximum Gasteiger partial charge on any atom is 0.264 e. The van der Waals surface area contributed by atoms with E-state index in [1.165, 1.54) is 0 Å². The van der Waals surface area contributed by atoms with E-state index in [0.717, 1.165) is 16.8 Å². The normalized spacial score (nSPS) is 25.3. The van der Waals surface area contributed by atoms with E-state index in [0.29, 0.717) is 13.1 Å². The van der Waals surface area contributed by atoms with E-state index < -0.39 is 23.2 Å².